The minimum absolute atomic E-state index is 0.213. The van der Waals surface area contributed by atoms with Gasteiger partial charge in [-0.3, -0.25) is 0 Å². The van der Waals surface area contributed by atoms with Gasteiger partial charge in [0.25, 0.3) is 0 Å². The average molecular weight is 334 g/mol. The lowest BCUT2D eigenvalue weighted by Crippen LogP contribution is -2.17. The second-order valence-corrected chi connectivity index (χ2v) is 6.46. The van der Waals surface area contributed by atoms with Crippen LogP contribution in [0.4, 0.5) is 0 Å². The molecule has 6 heteroatoms. The molecule has 1 aromatic carbocycles. The van der Waals surface area contributed by atoms with Crippen molar-refractivity contribution in [3.8, 4) is 5.75 Å². The SMILES string of the molecule is Cn1c(COc2cccc(Cl)c2)nnc1C1CCC(C=O)CC1. The largest absolute Gasteiger partial charge is 0.486 e. The first-order valence-corrected chi connectivity index (χ1v) is 8.27. The monoisotopic (exact) mass is 333 g/mol. The highest BCUT2D eigenvalue weighted by Gasteiger charge is 2.26. The van der Waals surface area contributed by atoms with Crippen molar-refractivity contribution in [2.75, 3.05) is 0 Å². The van der Waals surface area contributed by atoms with E-state index in [1.165, 1.54) is 0 Å². The van der Waals surface area contributed by atoms with E-state index in [9.17, 15) is 4.79 Å². The van der Waals surface area contributed by atoms with Crippen molar-refractivity contribution < 1.29 is 9.53 Å². The Labute approximate surface area is 140 Å². The Bertz CT molecular complexity index is 678. The number of rotatable bonds is 5. The van der Waals surface area contributed by atoms with Crippen molar-refractivity contribution in [3.63, 3.8) is 0 Å². The molecule has 0 unspecified atom stereocenters. The zero-order valence-electron chi connectivity index (χ0n) is 13.1. The summed E-state index contributed by atoms with van der Waals surface area (Å²) in [6.07, 6.45) is 4.94. The molecular formula is C17H20ClN3O2. The van der Waals surface area contributed by atoms with Crippen LogP contribution in [0.25, 0.3) is 0 Å². The van der Waals surface area contributed by atoms with Crippen molar-refractivity contribution in [1.29, 1.82) is 0 Å². The minimum atomic E-state index is 0.213. The fourth-order valence-electron chi connectivity index (χ4n) is 3.07. The van der Waals surface area contributed by atoms with Crippen LogP contribution >= 0.6 is 11.6 Å². The van der Waals surface area contributed by atoms with Crippen LogP contribution in [0, 0.1) is 5.92 Å². The van der Waals surface area contributed by atoms with Crippen LogP contribution in [0.1, 0.15) is 43.3 Å². The summed E-state index contributed by atoms with van der Waals surface area (Å²) in [5, 5.41) is 9.24. The first-order chi connectivity index (χ1) is 11.2. The third kappa shape index (κ3) is 3.72. The van der Waals surface area contributed by atoms with Crippen LogP contribution in [0.5, 0.6) is 5.75 Å². The molecular weight excluding hydrogens is 314 g/mol. The molecule has 122 valence electrons. The third-order valence-electron chi connectivity index (χ3n) is 4.49. The maximum atomic E-state index is 10.9. The molecule has 0 aliphatic heterocycles. The van der Waals surface area contributed by atoms with Crippen LogP contribution in [0.3, 0.4) is 0 Å². The Balaban J connectivity index is 1.64. The van der Waals surface area contributed by atoms with Crippen LogP contribution in [-0.2, 0) is 18.4 Å². The van der Waals surface area contributed by atoms with Crippen LogP contribution in [-0.4, -0.2) is 21.1 Å². The number of halogens is 1. The molecule has 1 saturated carbocycles. The van der Waals surface area contributed by atoms with E-state index < -0.39 is 0 Å². The molecule has 23 heavy (non-hydrogen) atoms. The topological polar surface area (TPSA) is 57.0 Å². The van der Waals surface area contributed by atoms with Crippen LogP contribution < -0.4 is 4.74 Å². The number of hydrogen-bond acceptors (Lipinski definition) is 4. The lowest BCUT2D eigenvalue weighted by Gasteiger charge is -2.24. The van der Waals surface area contributed by atoms with E-state index in [1.807, 2.05) is 29.8 Å². The summed E-state index contributed by atoms with van der Waals surface area (Å²) in [7, 11) is 1.97. The molecule has 0 bridgehead atoms. The van der Waals surface area contributed by atoms with Crippen molar-refractivity contribution in [2.45, 2.75) is 38.2 Å². The summed E-state index contributed by atoms with van der Waals surface area (Å²) in [6, 6.07) is 7.30. The predicted molar refractivity (Wildman–Crippen MR) is 87.6 cm³/mol. The molecule has 0 amide bonds. The maximum absolute atomic E-state index is 10.9. The standard InChI is InChI=1S/C17H20ClN3O2/c1-21-16(11-23-15-4-2-3-14(18)9-15)19-20-17(21)13-7-5-12(10-22)6-8-13/h2-4,9-10,12-13H,5-8,11H2,1H3. The van der Waals surface area contributed by atoms with Gasteiger partial charge in [0, 0.05) is 23.9 Å². The maximum Gasteiger partial charge on any atom is 0.170 e. The van der Waals surface area contributed by atoms with E-state index in [2.05, 4.69) is 10.2 Å². The lowest BCUT2D eigenvalue weighted by molar-refractivity contribution is -0.111. The molecule has 0 N–H and O–H groups in total. The van der Waals surface area contributed by atoms with Crippen molar-refractivity contribution >= 4 is 17.9 Å². The van der Waals surface area contributed by atoms with E-state index in [4.69, 9.17) is 16.3 Å². The number of aromatic nitrogens is 3. The van der Waals surface area contributed by atoms with Gasteiger partial charge >= 0.3 is 0 Å². The first kappa shape index (κ1) is 16.0. The second-order valence-electron chi connectivity index (χ2n) is 6.03. The van der Waals surface area contributed by atoms with E-state index in [-0.39, 0.29) is 5.92 Å². The average Bonchev–Trinajstić information content (AvgIpc) is 2.94. The second kappa shape index (κ2) is 7.13. The molecule has 3 rings (SSSR count). The number of benzene rings is 1. The van der Waals surface area contributed by atoms with E-state index in [0.717, 1.165) is 43.6 Å². The number of ether oxygens (including phenoxy) is 1. The number of nitrogens with zero attached hydrogens (tertiary/aromatic N) is 3. The van der Waals surface area contributed by atoms with Crippen molar-refractivity contribution in [1.82, 2.24) is 14.8 Å². The van der Waals surface area contributed by atoms with E-state index in [0.29, 0.717) is 23.3 Å². The molecule has 1 aliphatic carbocycles. The normalized spacial score (nSPS) is 21.1. The van der Waals surface area contributed by atoms with Crippen molar-refractivity contribution in [2.24, 2.45) is 13.0 Å². The Morgan fingerprint density at radius 2 is 2.09 bits per heavy atom. The Kier molecular flexibility index (Phi) is 4.96. The summed E-state index contributed by atoms with van der Waals surface area (Å²) in [5.74, 6) is 3.08. The fourth-order valence-corrected chi connectivity index (χ4v) is 3.25. The number of carbonyl (C=O) groups excluding carboxylic acids is 1. The Morgan fingerprint density at radius 1 is 1.30 bits per heavy atom. The van der Waals surface area contributed by atoms with Gasteiger partial charge in [-0.25, -0.2) is 0 Å². The highest BCUT2D eigenvalue weighted by molar-refractivity contribution is 6.30. The van der Waals surface area contributed by atoms with Gasteiger partial charge in [-0.15, -0.1) is 10.2 Å². The molecule has 0 saturated heterocycles. The molecule has 5 nitrogen and oxygen atoms in total. The van der Waals surface area contributed by atoms with Crippen LogP contribution in [0.2, 0.25) is 5.02 Å². The van der Waals surface area contributed by atoms with Gasteiger partial charge in [0.15, 0.2) is 5.82 Å². The fraction of sp³-hybridized carbons (Fsp3) is 0.471. The van der Waals surface area contributed by atoms with E-state index >= 15 is 0 Å². The number of aldehydes is 1. The smallest absolute Gasteiger partial charge is 0.170 e. The van der Waals surface area contributed by atoms with Gasteiger partial charge in [-0.2, -0.15) is 0 Å². The van der Waals surface area contributed by atoms with Gasteiger partial charge in [0.2, 0.25) is 0 Å². The number of hydrogen-bond donors (Lipinski definition) is 0. The van der Waals surface area contributed by atoms with Crippen LogP contribution in [0.15, 0.2) is 24.3 Å². The van der Waals surface area contributed by atoms with Gasteiger partial charge in [0.1, 0.15) is 24.5 Å². The molecule has 1 aliphatic rings. The Morgan fingerprint density at radius 3 is 2.78 bits per heavy atom. The van der Waals surface area contributed by atoms with Gasteiger partial charge in [-0.1, -0.05) is 17.7 Å². The number of carbonyl (C=O) groups is 1. The highest BCUT2D eigenvalue weighted by Crippen LogP contribution is 2.34. The molecule has 0 radical (unpaired) electrons. The van der Waals surface area contributed by atoms with Gasteiger partial charge in [0.05, 0.1) is 0 Å². The zero-order chi connectivity index (χ0) is 16.2. The summed E-state index contributed by atoms with van der Waals surface area (Å²) in [4.78, 5) is 10.9. The first-order valence-electron chi connectivity index (χ1n) is 7.89. The Hall–Kier alpha value is -1.88. The summed E-state index contributed by atoms with van der Waals surface area (Å²) < 4.78 is 7.75. The van der Waals surface area contributed by atoms with Gasteiger partial charge < -0.3 is 14.1 Å². The summed E-state index contributed by atoms with van der Waals surface area (Å²) >= 11 is 5.95. The minimum Gasteiger partial charge on any atom is -0.486 e. The van der Waals surface area contributed by atoms with Gasteiger partial charge in [-0.05, 0) is 43.9 Å². The molecule has 0 spiro atoms. The molecule has 0 atom stereocenters. The molecule has 1 fully saturated rings. The molecule has 1 heterocycles. The molecule has 2 aromatic rings. The predicted octanol–water partition coefficient (Wildman–Crippen LogP) is 3.52. The highest BCUT2D eigenvalue weighted by atomic mass is 35.5. The summed E-state index contributed by atoms with van der Waals surface area (Å²) in [5.41, 5.74) is 0. The van der Waals surface area contributed by atoms with E-state index in [1.54, 1.807) is 6.07 Å². The zero-order valence-corrected chi connectivity index (χ0v) is 13.9. The summed E-state index contributed by atoms with van der Waals surface area (Å²) in [6.45, 7) is 0.355. The third-order valence-corrected chi connectivity index (χ3v) is 4.73. The quantitative estimate of drug-likeness (QED) is 0.785. The lowest BCUT2D eigenvalue weighted by atomic mass is 9.82. The van der Waals surface area contributed by atoms with Crippen molar-refractivity contribution in [3.05, 3.63) is 40.9 Å². The molecule has 1 aromatic heterocycles.